The van der Waals surface area contributed by atoms with Gasteiger partial charge in [0.2, 0.25) is 5.91 Å². The summed E-state index contributed by atoms with van der Waals surface area (Å²) < 4.78 is 0. The van der Waals surface area contributed by atoms with E-state index in [9.17, 15) is 4.79 Å². The van der Waals surface area contributed by atoms with Crippen molar-refractivity contribution in [3.63, 3.8) is 0 Å². The predicted molar refractivity (Wildman–Crippen MR) is 70.1 cm³/mol. The largest absolute Gasteiger partial charge is 0.392 e. The standard InChI is InChI=1S/C12H22N2OS/c1-8(2)11(12(13)16)14-10(15)7-9-5-3-4-6-9/h8-9,11H,3-7H2,1-2H3,(H2,13,16)(H,14,15). The maximum Gasteiger partial charge on any atom is 0.220 e. The normalized spacial score (nSPS) is 18.7. The van der Waals surface area contributed by atoms with E-state index in [1.54, 1.807) is 0 Å². The van der Waals surface area contributed by atoms with E-state index in [1.165, 1.54) is 25.7 Å². The Labute approximate surface area is 103 Å². The van der Waals surface area contributed by atoms with Gasteiger partial charge in [0.1, 0.15) is 0 Å². The van der Waals surface area contributed by atoms with Crippen LogP contribution in [0.4, 0.5) is 0 Å². The highest BCUT2D eigenvalue weighted by molar-refractivity contribution is 7.80. The Morgan fingerprint density at radius 3 is 2.44 bits per heavy atom. The number of nitrogens with two attached hydrogens (primary N) is 1. The van der Waals surface area contributed by atoms with Crippen LogP contribution >= 0.6 is 12.2 Å². The molecule has 1 amide bonds. The van der Waals surface area contributed by atoms with Crippen molar-refractivity contribution in [2.24, 2.45) is 17.6 Å². The van der Waals surface area contributed by atoms with E-state index in [0.717, 1.165) is 0 Å². The van der Waals surface area contributed by atoms with Crippen LogP contribution in [0.15, 0.2) is 0 Å². The van der Waals surface area contributed by atoms with Crippen LogP contribution in [0.3, 0.4) is 0 Å². The summed E-state index contributed by atoms with van der Waals surface area (Å²) in [6.07, 6.45) is 5.53. The lowest BCUT2D eigenvalue weighted by Gasteiger charge is -2.21. The molecular formula is C12H22N2OS. The average Bonchev–Trinajstić information content (AvgIpc) is 2.65. The van der Waals surface area contributed by atoms with Crippen LogP contribution in [0.1, 0.15) is 46.0 Å². The Kier molecular flexibility index (Phi) is 5.19. The molecule has 0 spiro atoms. The van der Waals surface area contributed by atoms with E-state index in [-0.39, 0.29) is 17.9 Å². The van der Waals surface area contributed by atoms with Gasteiger partial charge < -0.3 is 11.1 Å². The van der Waals surface area contributed by atoms with Gasteiger partial charge in [0, 0.05) is 6.42 Å². The molecule has 1 atom stereocenters. The van der Waals surface area contributed by atoms with Crippen LogP contribution in [0.5, 0.6) is 0 Å². The van der Waals surface area contributed by atoms with Crippen molar-refractivity contribution in [1.82, 2.24) is 5.32 Å². The Hall–Kier alpha value is -0.640. The highest BCUT2D eigenvalue weighted by Crippen LogP contribution is 2.27. The summed E-state index contributed by atoms with van der Waals surface area (Å²) in [5, 5.41) is 2.94. The van der Waals surface area contributed by atoms with Gasteiger partial charge in [-0.25, -0.2) is 0 Å². The topological polar surface area (TPSA) is 55.1 Å². The fourth-order valence-corrected chi connectivity index (χ4v) is 2.61. The molecular weight excluding hydrogens is 220 g/mol. The lowest BCUT2D eigenvalue weighted by molar-refractivity contribution is -0.122. The molecule has 3 N–H and O–H groups in total. The molecule has 0 aromatic rings. The maximum absolute atomic E-state index is 11.8. The maximum atomic E-state index is 11.8. The Balaban J connectivity index is 2.38. The van der Waals surface area contributed by atoms with Crippen molar-refractivity contribution in [1.29, 1.82) is 0 Å². The summed E-state index contributed by atoms with van der Waals surface area (Å²) in [5.41, 5.74) is 5.61. The first-order valence-corrected chi connectivity index (χ1v) is 6.50. The van der Waals surface area contributed by atoms with Crippen molar-refractivity contribution in [3.8, 4) is 0 Å². The smallest absolute Gasteiger partial charge is 0.220 e. The number of hydrogen-bond donors (Lipinski definition) is 2. The van der Waals surface area contributed by atoms with Crippen molar-refractivity contribution < 1.29 is 4.79 Å². The summed E-state index contributed by atoms with van der Waals surface area (Å²) in [7, 11) is 0. The third-order valence-electron chi connectivity index (χ3n) is 3.24. The van der Waals surface area contributed by atoms with Gasteiger partial charge in [-0.15, -0.1) is 0 Å². The second-order valence-electron chi connectivity index (χ2n) is 5.05. The number of nitrogens with one attached hydrogen (secondary N) is 1. The molecule has 0 aromatic carbocycles. The molecule has 1 aliphatic rings. The van der Waals surface area contributed by atoms with Crippen LogP contribution in [0, 0.1) is 11.8 Å². The zero-order valence-electron chi connectivity index (χ0n) is 10.2. The number of carbonyl (C=O) groups excluding carboxylic acids is 1. The first-order chi connectivity index (χ1) is 7.50. The van der Waals surface area contributed by atoms with Gasteiger partial charge >= 0.3 is 0 Å². The minimum absolute atomic E-state index is 0.0957. The molecule has 1 rings (SSSR count). The van der Waals surface area contributed by atoms with Gasteiger partial charge in [-0.2, -0.15) is 0 Å². The predicted octanol–water partition coefficient (Wildman–Crippen LogP) is 1.99. The fourth-order valence-electron chi connectivity index (χ4n) is 2.28. The summed E-state index contributed by atoms with van der Waals surface area (Å²) >= 11 is 4.96. The van der Waals surface area contributed by atoms with Gasteiger partial charge in [-0.3, -0.25) is 4.79 Å². The van der Waals surface area contributed by atoms with Gasteiger partial charge in [-0.1, -0.05) is 38.9 Å². The molecule has 0 heterocycles. The molecule has 0 bridgehead atoms. The minimum atomic E-state index is -0.163. The summed E-state index contributed by atoms with van der Waals surface area (Å²) in [5.74, 6) is 0.919. The van der Waals surface area contributed by atoms with E-state index in [2.05, 4.69) is 5.32 Å². The number of amides is 1. The average molecular weight is 242 g/mol. The highest BCUT2D eigenvalue weighted by atomic mass is 32.1. The third-order valence-corrected chi connectivity index (χ3v) is 3.49. The van der Waals surface area contributed by atoms with Crippen LogP contribution in [0.25, 0.3) is 0 Å². The molecule has 1 unspecified atom stereocenters. The fraction of sp³-hybridized carbons (Fsp3) is 0.833. The number of carbonyl (C=O) groups is 1. The SMILES string of the molecule is CC(C)C(NC(=O)CC1CCCC1)C(N)=S. The molecule has 0 aromatic heterocycles. The summed E-state index contributed by atoms with van der Waals surface area (Å²) in [4.78, 5) is 12.2. The molecule has 0 aliphatic heterocycles. The molecule has 3 nitrogen and oxygen atoms in total. The van der Waals surface area contributed by atoms with E-state index in [0.29, 0.717) is 17.3 Å². The second kappa shape index (κ2) is 6.18. The molecule has 92 valence electrons. The second-order valence-corrected chi connectivity index (χ2v) is 5.52. The summed E-state index contributed by atoms with van der Waals surface area (Å²) in [6.45, 7) is 4.03. The monoisotopic (exact) mass is 242 g/mol. The van der Waals surface area contributed by atoms with E-state index in [1.807, 2.05) is 13.8 Å². The first kappa shape index (κ1) is 13.4. The van der Waals surface area contributed by atoms with Crippen LogP contribution in [-0.4, -0.2) is 16.9 Å². The first-order valence-electron chi connectivity index (χ1n) is 6.09. The summed E-state index contributed by atoms with van der Waals surface area (Å²) in [6, 6.07) is -0.163. The Bertz CT molecular complexity index is 260. The van der Waals surface area contributed by atoms with Crippen LogP contribution in [0.2, 0.25) is 0 Å². The third kappa shape index (κ3) is 4.08. The van der Waals surface area contributed by atoms with E-state index < -0.39 is 0 Å². The zero-order chi connectivity index (χ0) is 12.1. The molecule has 1 fully saturated rings. The van der Waals surface area contributed by atoms with Crippen molar-refractivity contribution in [2.75, 3.05) is 0 Å². The Morgan fingerprint density at radius 1 is 1.44 bits per heavy atom. The molecule has 0 saturated heterocycles. The molecule has 1 saturated carbocycles. The number of hydrogen-bond acceptors (Lipinski definition) is 2. The van der Waals surface area contributed by atoms with Gasteiger partial charge in [0.05, 0.1) is 11.0 Å². The van der Waals surface area contributed by atoms with Gasteiger partial charge in [-0.05, 0) is 24.7 Å². The lowest BCUT2D eigenvalue weighted by atomic mass is 10.0. The van der Waals surface area contributed by atoms with Crippen molar-refractivity contribution in [2.45, 2.75) is 52.0 Å². The van der Waals surface area contributed by atoms with Gasteiger partial charge in [0.15, 0.2) is 0 Å². The number of rotatable bonds is 5. The minimum Gasteiger partial charge on any atom is -0.392 e. The molecule has 4 heteroatoms. The molecule has 1 aliphatic carbocycles. The van der Waals surface area contributed by atoms with E-state index >= 15 is 0 Å². The van der Waals surface area contributed by atoms with Crippen LogP contribution in [-0.2, 0) is 4.79 Å². The zero-order valence-corrected chi connectivity index (χ0v) is 11.0. The molecule has 16 heavy (non-hydrogen) atoms. The molecule has 0 radical (unpaired) electrons. The van der Waals surface area contributed by atoms with Crippen LogP contribution < -0.4 is 11.1 Å². The quantitative estimate of drug-likeness (QED) is 0.725. The van der Waals surface area contributed by atoms with E-state index in [4.69, 9.17) is 18.0 Å². The highest BCUT2D eigenvalue weighted by Gasteiger charge is 2.22. The Morgan fingerprint density at radius 2 is 2.00 bits per heavy atom. The lowest BCUT2D eigenvalue weighted by Crippen LogP contribution is -2.47. The number of thiocarbonyl (C=S) groups is 1. The van der Waals surface area contributed by atoms with Crippen molar-refractivity contribution in [3.05, 3.63) is 0 Å². The van der Waals surface area contributed by atoms with Gasteiger partial charge in [0.25, 0.3) is 0 Å². The van der Waals surface area contributed by atoms with Crippen molar-refractivity contribution >= 4 is 23.1 Å².